The van der Waals surface area contributed by atoms with Gasteiger partial charge in [0.15, 0.2) is 36.0 Å². The van der Waals surface area contributed by atoms with E-state index in [0.29, 0.717) is 11.3 Å². The van der Waals surface area contributed by atoms with E-state index >= 15 is 0 Å². The minimum Gasteiger partial charge on any atom is -0.504 e. The Morgan fingerprint density at radius 2 is 1.73 bits per heavy atom. The van der Waals surface area contributed by atoms with Crippen molar-refractivity contribution in [3.05, 3.63) is 29.8 Å². The summed E-state index contributed by atoms with van der Waals surface area (Å²) in [6.07, 6.45) is -2.59. The molecule has 11 atom stereocenters. The molecule has 3 saturated heterocycles. The third kappa shape index (κ3) is 7.93. The lowest BCUT2D eigenvalue weighted by Gasteiger charge is -2.50. The summed E-state index contributed by atoms with van der Waals surface area (Å²) in [6.45, 7) is 17.3. The number of hydrogen-bond donors (Lipinski definition) is 2. The lowest BCUT2D eigenvalue weighted by atomic mass is 9.80. The Labute approximate surface area is 260 Å². The van der Waals surface area contributed by atoms with Gasteiger partial charge < -0.3 is 48.1 Å². The number of phenolic OH excluding ortho intramolecular Hbond substituents is 1. The lowest BCUT2D eigenvalue weighted by Crippen LogP contribution is -2.63. The first-order valence-electron chi connectivity index (χ1n) is 15.5. The van der Waals surface area contributed by atoms with Crippen LogP contribution in [0, 0.1) is 11.8 Å². The quantitative estimate of drug-likeness (QED) is 0.297. The Bertz CT molecular complexity index is 1160. The fourth-order valence-electron chi connectivity index (χ4n) is 6.13. The highest BCUT2D eigenvalue weighted by molar-refractivity contribution is 5.87. The van der Waals surface area contributed by atoms with Crippen LogP contribution in [0.1, 0.15) is 74.3 Å². The first-order valence-corrected chi connectivity index (χ1v) is 15.5. The number of aromatic hydroxyl groups is 1. The lowest BCUT2D eigenvalue weighted by molar-refractivity contribution is -0.348. The number of esters is 1. The molecule has 3 aliphatic heterocycles. The SMILES string of the molecule is CCC(C)C1C(O)OC(C)C(OC2OC(C)C(OC(=O)/C=C/c3ccc(O)c(OC)c3)C3OC(C)(C)OC23)C1OC(C)(C)C. The standard InChI is InChI=1S/C33H50O11/c1-11-17(2)24-27(42-32(5,6)7)25(18(3)38-30(24)36)41-31-29-28(43-33(8,9)44-29)26(19(4)39-31)40-23(35)15-13-20-12-14-21(34)22(16-20)37-10/h12-19,24-31,34,36H,11H2,1-10H3/b15-13+. The second kappa shape index (κ2) is 13.6. The monoisotopic (exact) mass is 622 g/mol. The number of ether oxygens (including phenoxy) is 8. The van der Waals surface area contributed by atoms with Gasteiger partial charge in [0.1, 0.15) is 18.3 Å². The largest absolute Gasteiger partial charge is 0.504 e. The van der Waals surface area contributed by atoms with Crippen LogP contribution in [0.4, 0.5) is 0 Å². The number of aliphatic hydroxyl groups is 1. The number of hydrogen-bond acceptors (Lipinski definition) is 11. The number of fused-ring (bicyclic) bond motifs is 1. The van der Waals surface area contributed by atoms with E-state index in [1.165, 1.54) is 19.3 Å². The van der Waals surface area contributed by atoms with E-state index in [1.54, 1.807) is 39.0 Å². The Morgan fingerprint density at radius 1 is 1.07 bits per heavy atom. The van der Waals surface area contributed by atoms with E-state index in [0.717, 1.165) is 6.42 Å². The van der Waals surface area contributed by atoms with Gasteiger partial charge in [0, 0.05) is 12.0 Å². The Hall–Kier alpha value is -2.25. The van der Waals surface area contributed by atoms with Crippen molar-refractivity contribution >= 4 is 12.0 Å². The third-order valence-electron chi connectivity index (χ3n) is 8.37. The molecule has 1 aromatic rings. The van der Waals surface area contributed by atoms with Crippen molar-refractivity contribution in [2.45, 2.75) is 135 Å². The van der Waals surface area contributed by atoms with Crippen molar-refractivity contribution in [1.82, 2.24) is 0 Å². The second-order valence-electron chi connectivity index (χ2n) is 13.4. The van der Waals surface area contributed by atoms with E-state index in [4.69, 9.17) is 37.9 Å². The van der Waals surface area contributed by atoms with Gasteiger partial charge in [-0.3, -0.25) is 0 Å². The first kappa shape index (κ1) is 34.6. The van der Waals surface area contributed by atoms with Gasteiger partial charge in [-0.25, -0.2) is 4.79 Å². The summed E-state index contributed by atoms with van der Waals surface area (Å²) in [5.41, 5.74) is 0.138. The summed E-state index contributed by atoms with van der Waals surface area (Å²) in [6, 6.07) is 4.75. The van der Waals surface area contributed by atoms with Crippen LogP contribution in [0.25, 0.3) is 6.08 Å². The van der Waals surface area contributed by atoms with Crippen LogP contribution in [-0.2, 0) is 38.0 Å². The molecule has 1 aromatic carbocycles. The smallest absolute Gasteiger partial charge is 0.331 e. The molecule has 0 bridgehead atoms. The number of methoxy groups -OCH3 is 1. The van der Waals surface area contributed by atoms with Crippen molar-refractivity contribution in [1.29, 1.82) is 0 Å². The number of phenols is 1. The van der Waals surface area contributed by atoms with E-state index < -0.39 is 72.7 Å². The summed E-state index contributed by atoms with van der Waals surface area (Å²) in [5, 5.41) is 20.8. The van der Waals surface area contributed by atoms with Crippen LogP contribution in [0.2, 0.25) is 0 Å². The predicted molar refractivity (Wildman–Crippen MR) is 161 cm³/mol. The number of rotatable bonds is 9. The number of carbonyl (C=O) groups is 1. The van der Waals surface area contributed by atoms with Crippen LogP contribution in [0.5, 0.6) is 11.5 Å². The minimum atomic E-state index is -1.00. The van der Waals surface area contributed by atoms with Crippen molar-refractivity contribution in [2.75, 3.05) is 7.11 Å². The maximum atomic E-state index is 12.9. The van der Waals surface area contributed by atoms with E-state index in [1.807, 2.05) is 27.7 Å². The maximum absolute atomic E-state index is 12.9. The highest BCUT2D eigenvalue weighted by Crippen LogP contribution is 2.42. The van der Waals surface area contributed by atoms with Gasteiger partial charge in [0.05, 0.1) is 31.0 Å². The second-order valence-corrected chi connectivity index (χ2v) is 13.4. The van der Waals surface area contributed by atoms with Gasteiger partial charge in [-0.15, -0.1) is 0 Å². The molecule has 11 heteroatoms. The zero-order valence-electron chi connectivity index (χ0n) is 27.5. The molecule has 44 heavy (non-hydrogen) atoms. The van der Waals surface area contributed by atoms with Gasteiger partial charge in [-0.1, -0.05) is 26.3 Å². The van der Waals surface area contributed by atoms with Crippen LogP contribution >= 0.6 is 0 Å². The normalized spacial score (nSPS) is 36.2. The van der Waals surface area contributed by atoms with Crippen LogP contribution in [0.3, 0.4) is 0 Å². The van der Waals surface area contributed by atoms with Gasteiger partial charge in [-0.05, 0) is 78.2 Å². The average molecular weight is 623 g/mol. The summed E-state index contributed by atoms with van der Waals surface area (Å²) in [7, 11) is 1.45. The van der Waals surface area contributed by atoms with Crippen molar-refractivity contribution in [3.8, 4) is 11.5 Å². The average Bonchev–Trinajstić information content (AvgIpc) is 3.26. The molecule has 0 amide bonds. The molecular formula is C33H50O11. The van der Waals surface area contributed by atoms with E-state index in [-0.39, 0.29) is 17.6 Å². The zero-order valence-corrected chi connectivity index (χ0v) is 27.5. The Kier molecular flexibility index (Phi) is 10.7. The molecule has 11 unspecified atom stereocenters. The summed E-state index contributed by atoms with van der Waals surface area (Å²) in [5.74, 6) is -1.52. The van der Waals surface area contributed by atoms with Gasteiger partial charge in [0.2, 0.25) is 0 Å². The van der Waals surface area contributed by atoms with Crippen LogP contribution < -0.4 is 4.74 Å². The highest BCUT2D eigenvalue weighted by Gasteiger charge is 2.58. The van der Waals surface area contributed by atoms with Crippen LogP contribution in [0.15, 0.2) is 24.3 Å². The van der Waals surface area contributed by atoms with Crippen molar-refractivity contribution in [2.24, 2.45) is 11.8 Å². The summed E-state index contributed by atoms with van der Waals surface area (Å²) in [4.78, 5) is 12.9. The molecule has 0 saturated carbocycles. The minimum absolute atomic E-state index is 0.00117. The summed E-state index contributed by atoms with van der Waals surface area (Å²) < 4.78 is 49.1. The molecular weight excluding hydrogens is 572 g/mol. The van der Waals surface area contributed by atoms with E-state index in [2.05, 4.69) is 13.8 Å². The fraction of sp³-hybridized carbons (Fsp3) is 0.727. The number of benzene rings is 1. The molecule has 11 nitrogen and oxygen atoms in total. The fourth-order valence-corrected chi connectivity index (χ4v) is 6.13. The van der Waals surface area contributed by atoms with Crippen molar-refractivity contribution < 1.29 is 52.9 Å². The Morgan fingerprint density at radius 3 is 2.36 bits per heavy atom. The molecule has 0 aromatic heterocycles. The highest BCUT2D eigenvalue weighted by atomic mass is 16.8. The first-order chi connectivity index (χ1) is 20.5. The van der Waals surface area contributed by atoms with E-state index in [9.17, 15) is 15.0 Å². The number of aliphatic hydroxyl groups excluding tert-OH is 1. The maximum Gasteiger partial charge on any atom is 0.331 e. The van der Waals surface area contributed by atoms with Gasteiger partial charge in [0.25, 0.3) is 0 Å². The molecule has 4 rings (SSSR count). The van der Waals surface area contributed by atoms with Crippen LogP contribution in [-0.4, -0.2) is 90.0 Å². The predicted octanol–water partition coefficient (Wildman–Crippen LogP) is 4.56. The van der Waals surface area contributed by atoms with Gasteiger partial charge in [-0.2, -0.15) is 0 Å². The van der Waals surface area contributed by atoms with Gasteiger partial charge >= 0.3 is 5.97 Å². The zero-order chi connectivity index (χ0) is 32.6. The molecule has 0 aliphatic carbocycles. The molecule has 0 radical (unpaired) electrons. The molecule has 248 valence electrons. The molecule has 0 spiro atoms. The topological polar surface area (TPSA) is 131 Å². The molecule has 2 N–H and O–H groups in total. The van der Waals surface area contributed by atoms with Crippen molar-refractivity contribution in [3.63, 3.8) is 0 Å². The Balaban J connectivity index is 1.54. The number of carbonyl (C=O) groups excluding carboxylic acids is 1. The summed E-state index contributed by atoms with van der Waals surface area (Å²) >= 11 is 0. The third-order valence-corrected chi connectivity index (χ3v) is 8.37. The molecule has 3 fully saturated rings. The molecule has 3 aliphatic rings. The molecule has 3 heterocycles.